The van der Waals surface area contributed by atoms with Gasteiger partial charge in [-0.2, -0.15) is 0 Å². The minimum absolute atomic E-state index is 0.570. The molecule has 0 aromatic heterocycles. The van der Waals surface area contributed by atoms with Gasteiger partial charge in [-0.25, -0.2) is 0 Å². The third kappa shape index (κ3) is 3.21. The van der Waals surface area contributed by atoms with E-state index in [0.717, 1.165) is 6.54 Å². The van der Waals surface area contributed by atoms with Gasteiger partial charge in [-0.15, -0.1) is 11.6 Å². The van der Waals surface area contributed by atoms with Crippen molar-refractivity contribution in [1.82, 2.24) is 5.32 Å². The second-order valence-corrected chi connectivity index (χ2v) is 3.06. The maximum Gasteiger partial charge on any atom is 0.0479 e. The van der Waals surface area contributed by atoms with Crippen LogP contribution in [0, 0.1) is 0 Å². The van der Waals surface area contributed by atoms with Crippen molar-refractivity contribution in [3.8, 4) is 0 Å². The molecule has 0 amide bonds. The molecule has 0 aliphatic rings. The van der Waals surface area contributed by atoms with Crippen LogP contribution in [0.25, 0.3) is 6.08 Å². The van der Waals surface area contributed by atoms with Gasteiger partial charge in [-0.3, -0.25) is 0 Å². The summed E-state index contributed by atoms with van der Waals surface area (Å²) in [7, 11) is 1.93. The molecule has 0 atom stereocenters. The largest absolute Gasteiger partial charge is 0.316 e. The number of hydrogen-bond donors (Lipinski definition) is 1. The molecule has 0 saturated heterocycles. The molecule has 70 valence electrons. The fourth-order valence-electron chi connectivity index (χ4n) is 1.12. The Morgan fingerprint density at radius 3 is 2.85 bits per heavy atom. The van der Waals surface area contributed by atoms with Crippen LogP contribution in [-0.2, 0) is 5.88 Å². The fraction of sp³-hybridized carbons (Fsp3) is 0.273. The molecule has 0 fully saturated rings. The lowest BCUT2D eigenvalue weighted by Gasteiger charge is -2.00. The Hall–Kier alpha value is -0.790. The summed E-state index contributed by atoms with van der Waals surface area (Å²) in [6.07, 6.45) is 4.18. The van der Waals surface area contributed by atoms with Crippen molar-refractivity contribution >= 4 is 17.7 Å². The maximum absolute atomic E-state index is 5.80. The van der Waals surface area contributed by atoms with Crippen molar-refractivity contribution < 1.29 is 0 Å². The van der Waals surface area contributed by atoms with E-state index in [1.165, 1.54) is 11.1 Å². The van der Waals surface area contributed by atoms with Gasteiger partial charge in [-0.1, -0.05) is 36.4 Å². The average Bonchev–Trinajstić information content (AvgIpc) is 2.19. The molecule has 0 aliphatic heterocycles. The molecule has 0 spiro atoms. The van der Waals surface area contributed by atoms with E-state index >= 15 is 0 Å². The summed E-state index contributed by atoms with van der Waals surface area (Å²) < 4.78 is 0. The van der Waals surface area contributed by atoms with Crippen molar-refractivity contribution in [2.75, 3.05) is 13.6 Å². The SMILES string of the molecule is CNCC=Cc1ccccc1CCl. The van der Waals surface area contributed by atoms with Crippen molar-refractivity contribution in [1.29, 1.82) is 0 Å². The van der Waals surface area contributed by atoms with Gasteiger partial charge in [0.1, 0.15) is 0 Å². The van der Waals surface area contributed by atoms with E-state index in [2.05, 4.69) is 23.5 Å². The molecule has 2 heteroatoms. The first-order chi connectivity index (χ1) is 6.38. The van der Waals surface area contributed by atoms with Gasteiger partial charge in [0.05, 0.1) is 0 Å². The van der Waals surface area contributed by atoms with Gasteiger partial charge >= 0.3 is 0 Å². The summed E-state index contributed by atoms with van der Waals surface area (Å²) in [5.41, 5.74) is 2.38. The lowest BCUT2D eigenvalue weighted by molar-refractivity contribution is 0.922. The van der Waals surface area contributed by atoms with Crippen LogP contribution in [0.4, 0.5) is 0 Å². The Balaban J connectivity index is 2.74. The number of benzene rings is 1. The Morgan fingerprint density at radius 2 is 2.15 bits per heavy atom. The molecule has 13 heavy (non-hydrogen) atoms. The van der Waals surface area contributed by atoms with Crippen molar-refractivity contribution in [3.63, 3.8) is 0 Å². The topological polar surface area (TPSA) is 12.0 Å². The molecule has 0 unspecified atom stereocenters. The Morgan fingerprint density at radius 1 is 1.38 bits per heavy atom. The summed E-state index contributed by atoms with van der Waals surface area (Å²) >= 11 is 5.80. The highest BCUT2D eigenvalue weighted by molar-refractivity contribution is 6.17. The highest BCUT2D eigenvalue weighted by Gasteiger charge is 1.94. The summed E-state index contributed by atoms with van der Waals surface area (Å²) in [5, 5.41) is 3.06. The second-order valence-electron chi connectivity index (χ2n) is 2.79. The van der Waals surface area contributed by atoms with E-state index in [1.54, 1.807) is 0 Å². The quantitative estimate of drug-likeness (QED) is 0.729. The number of hydrogen-bond acceptors (Lipinski definition) is 1. The zero-order valence-electron chi connectivity index (χ0n) is 7.76. The number of likely N-dealkylation sites (N-methyl/N-ethyl adjacent to an activating group) is 1. The van der Waals surface area contributed by atoms with E-state index in [0.29, 0.717) is 5.88 Å². The number of halogens is 1. The van der Waals surface area contributed by atoms with Crippen LogP contribution in [-0.4, -0.2) is 13.6 Å². The number of nitrogens with one attached hydrogen (secondary N) is 1. The van der Waals surface area contributed by atoms with Gasteiger partial charge in [0, 0.05) is 12.4 Å². The van der Waals surface area contributed by atoms with E-state index < -0.39 is 0 Å². The van der Waals surface area contributed by atoms with E-state index in [1.807, 2.05) is 25.2 Å². The van der Waals surface area contributed by atoms with Gasteiger partial charge in [-0.05, 0) is 18.2 Å². The Bertz CT molecular complexity index is 281. The Kier molecular flexibility index (Phi) is 4.58. The molecular formula is C11H14ClN. The van der Waals surface area contributed by atoms with Gasteiger partial charge in [0.25, 0.3) is 0 Å². The van der Waals surface area contributed by atoms with Crippen LogP contribution in [0.1, 0.15) is 11.1 Å². The minimum Gasteiger partial charge on any atom is -0.316 e. The first-order valence-corrected chi connectivity index (χ1v) is 4.87. The fourth-order valence-corrected chi connectivity index (χ4v) is 1.37. The monoisotopic (exact) mass is 195 g/mol. The van der Waals surface area contributed by atoms with Crippen LogP contribution in [0.15, 0.2) is 30.3 Å². The summed E-state index contributed by atoms with van der Waals surface area (Å²) in [6, 6.07) is 8.15. The van der Waals surface area contributed by atoms with E-state index in [-0.39, 0.29) is 0 Å². The van der Waals surface area contributed by atoms with E-state index in [9.17, 15) is 0 Å². The van der Waals surface area contributed by atoms with Gasteiger partial charge < -0.3 is 5.32 Å². The van der Waals surface area contributed by atoms with Crippen LogP contribution in [0.5, 0.6) is 0 Å². The minimum atomic E-state index is 0.570. The van der Waals surface area contributed by atoms with Crippen LogP contribution < -0.4 is 5.32 Å². The normalized spacial score (nSPS) is 10.9. The van der Waals surface area contributed by atoms with Crippen LogP contribution in [0.3, 0.4) is 0 Å². The molecule has 0 saturated carbocycles. The molecule has 0 heterocycles. The molecule has 1 aromatic rings. The highest BCUT2D eigenvalue weighted by atomic mass is 35.5. The molecular weight excluding hydrogens is 182 g/mol. The summed E-state index contributed by atoms with van der Waals surface area (Å²) in [5.74, 6) is 0.570. The average molecular weight is 196 g/mol. The standard InChI is InChI=1S/C11H14ClN/c1-13-8-4-7-10-5-2-3-6-11(10)9-12/h2-7,13H,8-9H2,1H3. The maximum atomic E-state index is 5.80. The number of rotatable bonds is 4. The predicted octanol–water partition coefficient (Wildman–Crippen LogP) is 2.66. The van der Waals surface area contributed by atoms with Gasteiger partial charge in [0.2, 0.25) is 0 Å². The first-order valence-electron chi connectivity index (χ1n) is 4.33. The van der Waals surface area contributed by atoms with Crippen molar-refractivity contribution in [2.24, 2.45) is 0 Å². The first kappa shape index (κ1) is 10.3. The smallest absolute Gasteiger partial charge is 0.0479 e. The Labute approximate surface area is 84.4 Å². The molecule has 1 aromatic carbocycles. The molecule has 0 radical (unpaired) electrons. The molecule has 1 N–H and O–H groups in total. The lowest BCUT2D eigenvalue weighted by Crippen LogP contribution is -2.03. The summed E-state index contributed by atoms with van der Waals surface area (Å²) in [6.45, 7) is 0.886. The number of alkyl halides is 1. The molecule has 0 aliphatic carbocycles. The zero-order valence-corrected chi connectivity index (χ0v) is 8.51. The van der Waals surface area contributed by atoms with Crippen LogP contribution in [0.2, 0.25) is 0 Å². The molecule has 0 bridgehead atoms. The van der Waals surface area contributed by atoms with E-state index in [4.69, 9.17) is 11.6 Å². The molecule has 1 rings (SSSR count). The molecule has 1 nitrogen and oxygen atoms in total. The summed E-state index contributed by atoms with van der Waals surface area (Å²) in [4.78, 5) is 0. The third-order valence-electron chi connectivity index (χ3n) is 1.82. The van der Waals surface area contributed by atoms with Crippen molar-refractivity contribution in [3.05, 3.63) is 41.5 Å². The highest BCUT2D eigenvalue weighted by Crippen LogP contribution is 2.12. The predicted molar refractivity (Wildman–Crippen MR) is 59.0 cm³/mol. The third-order valence-corrected chi connectivity index (χ3v) is 2.11. The van der Waals surface area contributed by atoms with Crippen molar-refractivity contribution in [2.45, 2.75) is 5.88 Å². The second kappa shape index (κ2) is 5.79. The van der Waals surface area contributed by atoms with Crippen LogP contribution >= 0.6 is 11.6 Å². The lowest BCUT2D eigenvalue weighted by atomic mass is 10.1. The van der Waals surface area contributed by atoms with Gasteiger partial charge in [0.15, 0.2) is 0 Å². The zero-order chi connectivity index (χ0) is 9.52.